The molecule has 2 aromatic carbocycles. The zero-order valence-electron chi connectivity index (χ0n) is 13.1. The first-order chi connectivity index (χ1) is 12.0. The number of hydrazine groups is 1. The Morgan fingerprint density at radius 3 is 2.36 bits per heavy atom. The SMILES string of the molecule is Cc1ccccc1C(=O)NNC(=O)c1cc2cc(Br)ccc2oc1=O. The Morgan fingerprint density at radius 2 is 1.64 bits per heavy atom. The Balaban J connectivity index is 1.80. The molecule has 0 bridgehead atoms. The Morgan fingerprint density at radius 1 is 0.960 bits per heavy atom. The molecule has 0 fully saturated rings. The Kier molecular flexibility index (Phi) is 4.67. The van der Waals surface area contributed by atoms with E-state index in [0.29, 0.717) is 16.5 Å². The number of nitrogens with one attached hydrogen (secondary N) is 2. The number of rotatable bonds is 2. The van der Waals surface area contributed by atoms with E-state index in [9.17, 15) is 14.4 Å². The fraction of sp³-hybridized carbons (Fsp3) is 0.0556. The maximum Gasteiger partial charge on any atom is 0.349 e. The summed E-state index contributed by atoms with van der Waals surface area (Å²) in [7, 11) is 0. The summed E-state index contributed by atoms with van der Waals surface area (Å²) < 4.78 is 5.91. The van der Waals surface area contributed by atoms with Crippen LogP contribution in [-0.2, 0) is 0 Å². The molecule has 7 heteroatoms. The van der Waals surface area contributed by atoms with Crippen molar-refractivity contribution < 1.29 is 14.0 Å². The van der Waals surface area contributed by atoms with Gasteiger partial charge in [-0.25, -0.2) is 4.79 Å². The van der Waals surface area contributed by atoms with E-state index < -0.39 is 17.4 Å². The highest BCUT2D eigenvalue weighted by molar-refractivity contribution is 9.10. The fourth-order valence-corrected chi connectivity index (χ4v) is 2.71. The van der Waals surface area contributed by atoms with Crippen molar-refractivity contribution in [1.29, 1.82) is 0 Å². The van der Waals surface area contributed by atoms with Crippen molar-refractivity contribution in [2.75, 3.05) is 0 Å². The molecule has 0 aliphatic rings. The third kappa shape index (κ3) is 3.61. The van der Waals surface area contributed by atoms with E-state index in [-0.39, 0.29) is 5.56 Å². The van der Waals surface area contributed by atoms with Crippen LogP contribution in [0.4, 0.5) is 0 Å². The van der Waals surface area contributed by atoms with Gasteiger partial charge in [0.15, 0.2) is 0 Å². The lowest BCUT2D eigenvalue weighted by molar-refractivity contribution is 0.0844. The number of carbonyl (C=O) groups excluding carboxylic acids is 2. The van der Waals surface area contributed by atoms with Gasteiger partial charge >= 0.3 is 5.63 Å². The molecular formula is C18H13BrN2O4. The van der Waals surface area contributed by atoms with Crippen molar-refractivity contribution in [2.24, 2.45) is 0 Å². The molecule has 1 aromatic heterocycles. The van der Waals surface area contributed by atoms with Crippen LogP contribution in [0.25, 0.3) is 11.0 Å². The second-order valence-electron chi connectivity index (χ2n) is 5.35. The highest BCUT2D eigenvalue weighted by Crippen LogP contribution is 2.19. The van der Waals surface area contributed by atoms with Gasteiger partial charge in [-0.1, -0.05) is 34.1 Å². The first-order valence-electron chi connectivity index (χ1n) is 7.35. The van der Waals surface area contributed by atoms with Crippen molar-refractivity contribution >= 4 is 38.7 Å². The second kappa shape index (κ2) is 6.90. The summed E-state index contributed by atoms with van der Waals surface area (Å²) in [5.41, 5.74) is 5.12. The number of fused-ring (bicyclic) bond motifs is 1. The summed E-state index contributed by atoms with van der Waals surface area (Å²) in [5, 5.41) is 0.587. The molecule has 0 saturated heterocycles. The predicted molar refractivity (Wildman–Crippen MR) is 96.3 cm³/mol. The maximum absolute atomic E-state index is 12.2. The number of hydrogen-bond donors (Lipinski definition) is 2. The van der Waals surface area contributed by atoms with Crippen LogP contribution >= 0.6 is 15.9 Å². The van der Waals surface area contributed by atoms with E-state index in [4.69, 9.17) is 4.42 Å². The number of halogens is 1. The molecule has 0 aliphatic carbocycles. The summed E-state index contributed by atoms with van der Waals surface area (Å²) in [6.45, 7) is 1.78. The molecule has 3 aromatic rings. The number of benzene rings is 2. The van der Waals surface area contributed by atoms with E-state index in [2.05, 4.69) is 26.8 Å². The minimum Gasteiger partial charge on any atom is -0.422 e. The molecule has 1 heterocycles. The molecule has 0 saturated carbocycles. The highest BCUT2D eigenvalue weighted by Gasteiger charge is 2.15. The van der Waals surface area contributed by atoms with Gasteiger partial charge in [0, 0.05) is 15.4 Å². The van der Waals surface area contributed by atoms with Gasteiger partial charge in [-0.05, 0) is 42.8 Å². The van der Waals surface area contributed by atoms with Crippen LogP contribution < -0.4 is 16.5 Å². The standard InChI is InChI=1S/C18H13BrN2O4/c1-10-4-2-3-5-13(10)16(22)20-21-17(23)14-9-11-8-12(19)6-7-15(11)25-18(14)24/h2-9H,1H3,(H,20,22)(H,21,23). The first-order valence-corrected chi connectivity index (χ1v) is 8.15. The maximum atomic E-state index is 12.2. The lowest BCUT2D eigenvalue weighted by Crippen LogP contribution is -2.43. The molecule has 126 valence electrons. The molecule has 0 aliphatic heterocycles. The van der Waals surface area contributed by atoms with Gasteiger partial charge < -0.3 is 4.42 Å². The fourth-order valence-electron chi connectivity index (χ4n) is 2.33. The smallest absolute Gasteiger partial charge is 0.349 e. The van der Waals surface area contributed by atoms with Crippen LogP contribution in [0, 0.1) is 6.92 Å². The molecule has 3 rings (SSSR count). The molecular weight excluding hydrogens is 388 g/mol. The van der Waals surface area contributed by atoms with Crippen LogP contribution in [0.3, 0.4) is 0 Å². The summed E-state index contributed by atoms with van der Waals surface area (Å²) in [4.78, 5) is 36.3. The molecule has 0 radical (unpaired) electrons. The zero-order chi connectivity index (χ0) is 18.0. The van der Waals surface area contributed by atoms with Gasteiger partial charge in [0.25, 0.3) is 11.8 Å². The molecule has 0 atom stereocenters. The zero-order valence-corrected chi connectivity index (χ0v) is 14.7. The summed E-state index contributed by atoms with van der Waals surface area (Å²) in [5.74, 6) is -1.23. The summed E-state index contributed by atoms with van der Waals surface area (Å²) >= 11 is 3.32. The van der Waals surface area contributed by atoms with Gasteiger partial charge in [0.05, 0.1) is 0 Å². The lowest BCUT2D eigenvalue weighted by atomic mass is 10.1. The van der Waals surface area contributed by atoms with Crippen molar-refractivity contribution in [1.82, 2.24) is 10.9 Å². The molecule has 6 nitrogen and oxygen atoms in total. The van der Waals surface area contributed by atoms with E-state index in [0.717, 1.165) is 10.0 Å². The molecule has 0 unspecified atom stereocenters. The van der Waals surface area contributed by atoms with E-state index >= 15 is 0 Å². The van der Waals surface area contributed by atoms with Gasteiger partial charge in [-0.15, -0.1) is 0 Å². The highest BCUT2D eigenvalue weighted by atomic mass is 79.9. The third-order valence-electron chi connectivity index (χ3n) is 3.62. The van der Waals surface area contributed by atoms with E-state index in [1.807, 2.05) is 6.07 Å². The molecule has 2 N–H and O–H groups in total. The molecule has 2 amide bonds. The van der Waals surface area contributed by atoms with Crippen LogP contribution in [0.1, 0.15) is 26.3 Å². The Labute approximate surface area is 150 Å². The number of carbonyl (C=O) groups is 2. The van der Waals surface area contributed by atoms with Gasteiger partial charge in [-0.3, -0.25) is 20.4 Å². The lowest BCUT2D eigenvalue weighted by Gasteiger charge is -2.09. The number of amides is 2. The average Bonchev–Trinajstić information content (AvgIpc) is 2.59. The summed E-state index contributed by atoms with van der Waals surface area (Å²) in [6.07, 6.45) is 0. The molecule has 25 heavy (non-hydrogen) atoms. The van der Waals surface area contributed by atoms with Crippen molar-refractivity contribution in [3.05, 3.63) is 80.1 Å². The van der Waals surface area contributed by atoms with E-state index in [1.165, 1.54) is 6.07 Å². The van der Waals surface area contributed by atoms with Crippen molar-refractivity contribution in [3.8, 4) is 0 Å². The first kappa shape index (κ1) is 16.9. The summed E-state index contributed by atoms with van der Waals surface area (Å²) in [6, 6.07) is 13.5. The normalized spacial score (nSPS) is 10.5. The molecule has 0 spiro atoms. The van der Waals surface area contributed by atoms with Gasteiger partial charge in [-0.2, -0.15) is 0 Å². The van der Waals surface area contributed by atoms with Crippen molar-refractivity contribution in [2.45, 2.75) is 6.92 Å². The van der Waals surface area contributed by atoms with Crippen LogP contribution in [0.2, 0.25) is 0 Å². The van der Waals surface area contributed by atoms with E-state index in [1.54, 1.807) is 43.3 Å². The minimum absolute atomic E-state index is 0.198. The Bertz CT molecular complexity index is 1040. The van der Waals surface area contributed by atoms with Crippen LogP contribution in [-0.4, -0.2) is 11.8 Å². The van der Waals surface area contributed by atoms with Crippen molar-refractivity contribution in [3.63, 3.8) is 0 Å². The van der Waals surface area contributed by atoms with Crippen LogP contribution in [0.5, 0.6) is 0 Å². The monoisotopic (exact) mass is 400 g/mol. The largest absolute Gasteiger partial charge is 0.422 e. The topological polar surface area (TPSA) is 88.4 Å². The Hall–Kier alpha value is -2.93. The second-order valence-corrected chi connectivity index (χ2v) is 6.27. The van der Waals surface area contributed by atoms with Crippen LogP contribution in [0.15, 0.2) is 62.2 Å². The minimum atomic E-state index is -0.780. The van der Waals surface area contributed by atoms with Gasteiger partial charge in [0.2, 0.25) is 0 Å². The average molecular weight is 401 g/mol. The number of hydrogen-bond acceptors (Lipinski definition) is 4. The quantitative estimate of drug-likeness (QED) is 0.511. The van der Waals surface area contributed by atoms with Gasteiger partial charge in [0.1, 0.15) is 11.1 Å². The number of aryl methyl sites for hydroxylation is 1. The third-order valence-corrected chi connectivity index (χ3v) is 4.11. The predicted octanol–water partition coefficient (Wildman–Crippen LogP) is 2.94.